The second kappa shape index (κ2) is 3.54. The molecule has 1 saturated carbocycles. The molecule has 1 amide bonds. The second-order valence-electron chi connectivity index (χ2n) is 4.97. The van der Waals surface area contributed by atoms with E-state index in [-0.39, 0.29) is 11.3 Å². The highest BCUT2D eigenvalue weighted by Gasteiger charge is 2.42. The molecule has 0 radical (unpaired) electrons. The van der Waals surface area contributed by atoms with E-state index < -0.39 is 0 Å². The average Bonchev–Trinajstić information content (AvgIpc) is 2.77. The highest BCUT2D eigenvalue weighted by Crippen LogP contribution is 2.34. The smallest absolute Gasteiger partial charge is 0.227 e. The van der Waals surface area contributed by atoms with Crippen molar-refractivity contribution >= 4 is 5.91 Å². The van der Waals surface area contributed by atoms with E-state index in [1.807, 2.05) is 0 Å². The summed E-state index contributed by atoms with van der Waals surface area (Å²) in [5.74, 6) is 1.00. The lowest BCUT2D eigenvalue weighted by molar-refractivity contribution is -0.129. The van der Waals surface area contributed by atoms with Crippen molar-refractivity contribution in [3.8, 4) is 0 Å². The molecule has 1 heterocycles. The molecule has 3 atom stereocenters. The first kappa shape index (κ1) is 9.97. The maximum atomic E-state index is 11.9. The quantitative estimate of drug-likeness (QED) is 0.704. The van der Waals surface area contributed by atoms with Crippen LogP contribution in [0.2, 0.25) is 0 Å². The second-order valence-corrected chi connectivity index (χ2v) is 4.97. The van der Waals surface area contributed by atoms with Crippen LogP contribution in [0.3, 0.4) is 0 Å². The van der Waals surface area contributed by atoms with E-state index in [9.17, 15) is 4.79 Å². The molecule has 3 unspecified atom stereocenters. The number of amides is 1. The predicted molar refractivity (Wildman–Crippen MR) is 55.9 cm³/mol. The minimum absolute atomic E-state index is 0.152. The van der Waals surface area contributed by atoms with Gasteiger partial charge in [-0.1, -0.05) is 13.3 Å². The van der Waals surface area contributed by atoms with Crippen molar-refractivity contribution in [1.82, 2.24) is 10.6 Å². The van der Waals surface area contributed by atoms with Crippen LogP contribution in [-0.2, 0) is 4.79 Å². The fraction of sp³-hybridized carbons (Fsp3) is 0.909. The van der Waals surface area contributed by atoms with Crippen LogP contribution < -0.4 is 10.6 Å². The van der Waals surface area contributed by atoms with Crippen LogP contribution in [0.1, 0.15) is 33.1 Å². The Bertz CT molecular complexity index is 233. The van der Waals surface area contributed by atoms with Crippen molar-refractivity contribution in [2.45, 2.75) is 39.2 Å². The fourth-order valence-electron chi connectivity index (χ4n) is 2.23. The van der Waals surface area contributed by atoms with E-state index in [4.69, 9.17) is 0 Å². The Labute approximate surface area is 85.6 Å². The Hall–Kier alpha value is -0.570. The molecule has 0 aromatic heterocycles. The Balaban J connectivity index is 1.83. The van der Waals surface area contributed by atoms with E-state index in [1.54, 1.807) is 0 Å². The number of nitrogens with one attached hydrogen (secondary N) is 2. The van der Waals surface area contributed by atoms with Crippen LogP contribution >= 0.6 is 0 Å². The fourth-order valence-corrected chi connectivity index (χ4v) is 2.23. The first-order valence-electron chi connectivity index (χ1n) is 5.67. The lowest BCUT2D eigenvalue weighted by Crippen LogP contribution is -2.41. The number of hydrogen-bond donors (Lipinski definition) is 2. The molecule has 1 aliphatic carbocycles. The van der Waals surface area contributed by atoms with Gasteiger partial charge in [0.05, 0.1) is 5.41 Å². The van der Waals surface area contributed by atoms with Crippen molar-refractivity contribution in [1.29, 1.82) is 0 Å². The van der Waals surface area contributed by atoms with Gasteiger partial charge in [-0.3, -0.25) is 4.79 Å². The van der Waals surface area contributed by atoms with Crippen molar-refractivity contribution in [2.75, 3.05) is 13.1 Å². The van der Waals surface area contributed by atoms with Crippen molar-refractivity contribution in [3.63, 3.8) is 0 Å². The van der Waals surface area contributed by atoms with Gasteiger partial charge in [0.15, 0.2) is 0 Å². The van der Waals surface area contributed by atoms with E-state index >= 15 is 0 Å². The third-order valence-corrected chi connectivity index (χ3v) is 3.68. The van der Waals surface area contributed by atoms with Gasteiger partial charge in [-0.2, -0.15) is 0 Å². The van der Waals surface area contributed by atoms with E-state index in [0.717, 1.165) is 25.4 Å². The molecule has 2 rings (SSSR count). The zero-order valence-corrected chi connectivity index (χ0v) is 9.10. The van der Waals surface area contributed by atoms with Gasteiger partial charge < -0.3 is 10.6 Å². The molecular weight excluding hydrogens is 176 g/mol. The SMILES string of the molecule is CCC1CC1NC(=O)C1(C)CCNC1. The van der Waals surface area contributed by atoms with Gasteiger partial charge in [0.1, 0.15) is 0 Å². The minimum atomic E-state index is -0.152. The first-order chi connectivity index (χ1) is 6.65. The Morgan fingerprint density at radius 3 is 2.93 bits per heavy atom. The van der Waals surface area contributed by atoms with Gasteiger partial charge >= 0.3 is 0 Å². The summed E-state index contributed by atoms with van der Waals surface area (Å²) in [4.78, 5) is 11.9. The van der Waals surface area contributed by atoms with Crippen molar-refractivity contribution in [2.24, 2.45) is 11.3 Å². The van der Waals surface area contributed by atoms with Gasteiger partial charge in [0, 0.05) is 12.6 Å². The highest BCUT2D eigenvalue weighted by molar-refractivity contribution is 5.83. The van der Waals surface area contributed by atoms with Crippen molar-refractivity contribution in [3.05, 3.63) is 0 Å². The molecule has 1 aliphatic heterocycles. The molecule has 2 aliphatic rings. The van der Waals surface area contributed by atoms with E-state index in [2.05, 4.69) is 24.5 Å². The zero-order chi connectivity index (χ0) is 10.2. The van der Waals surface area contributed by atoms with E-state index in [1.165, 1.54) is 12.8 Å². The lowest BCUT2D eigenvalue weighted by Gasteiger charge is -2.21. The Morgan fingerprint density at radius 2 is 2.43 bits per heavy atom. The average molecular weight is 196 g/mol. The third kappa shape index (κ3) is 1.78. The number of rotatable bonds is 3. The van der Waals surface area contributed by atoms with Gasteiger partial charge in [-0.05, 0) is 32.2 Å². The largest absolute Gasteiger partial charge is 0.353 e. The molecule has 14 heavy (non-hydrogen) atoms. The van der Waals surface area contributed by atoms with E-state index in [0.29, 0.717) is 6.04 Å². The van der Waals surface area contributed by atoms with Crippen LogP contribution in [0.25, 0.3) is 0 Å². The number of hydrogen-bond acceptors (Lipinski definition) is 2. The zero-order valence-electron chi connectivity index (χ0n) is 9.10. The molecular formula is C11H20N2O. The molecule has 1 saturated heterocycles. The molecule has 0 aromatic carbocycles. The van der Waals surface area contributed by atoms with Crippen LogP contribution in [0.15, 0.2) is 0 Å². The molecule has 2 N–H and O–H groups in total. The summed E-state index contributed by atoms with van der Waals surface area (Å²) in [6.45, 7) is 6.06. The monoisotopic (exact) mass is 196 g/mol. The number of carbonyl (C=O) groups is 1. The molecule has 0 bridgehead atoms. The first-order valence-corrected chi connectivity index (χ1v) is 5.67. The summed E-state index contributed by atoms with van der Waals surface area (Å²) in [6, 6.07) is 0.477. The molecule has 2 fully saturated rings. The molecule has 3 nitrogen and oxygen atoms in total. The summed E-state index contributed by atoms with van der Waals surface area (Å²) in [5, 5.41) is 6.41. The normalized spacial score (nSPS) is 41.0. The standard InChI is InChI=1S/C11H20N2O/c1-3-8-6-9(8)13-10(14)11(2)4-5-12-7-11/h8-9,12H,3-7H2,1-2H3,(H,13,14). The summed E-state index contributed by atoms with van der Waals surface area (Å²) < 4.78 is 0. The van der Waals surface area contributed by atoms with Gasteiger partial charge in [-0.15, -0.1) is 0 Å². The van der Waals surface area contributed by atoms with Crippen LogP contribution in [0.5, 0.6) is 0 Å². The van der Waals surface area contributed by atoms with Crippen molar-refractivity contribution < 1.29 is 4.79 Å². The van der Waals surface area contributed by atoms with Gasteiger partial charge in [0.2, 0.25) is 5.91 Å². The summed E-state index contributed by atoms with van der Waals surface area (Å²) in [5.41, 5.74) is -0.152. The predicted octanol–water partition coefficient (Wildman–Crippen LogP) is 0.901. The third-order valence-electron chi connectivity index (χ3n) is 3.68. The van der Waals surface area contributed by atoms with Crippen LogP contribution in [0, 0.1) is 11.3 Å². The highest BCUT2D eigenvalue weighted by atomic mass is 16.2. The number of carbonyl (C=O) groups excluding carboxylic acids is 1. The van der Waals surface area contributed by atoms with Gasteiger partial charge in [0.25, 0.3) is 0 Å². The lowest BCUT2D eigenvalue weighted by atomic mass is 9.89. The molecule has 3 heteroatoms. The van der Waals surface area contributed by atoms with Crippen LogP contribution in [0.4, 0.5) is 0 Å². The van der Waals surface area contributed by atoms with Crippen LogP contribution in [-0.4, -0.2) is 25.0 Å². The molecule has 0 aromatic rings. The maximum Gasteiger partial charge on any atom is 0.227 e. The summed E-state index contributed by atoms with van der Waals surface area (Å²) >= 11 is 0. The topological polar surface area (TPSA) is 41.1 Å². The minimum Gasteiger partial charge on any atom is -0.353 e. The van der Waals surface area contributed by atoms with Gasteiger partial charge in [-0.25, -0.2) is 0 Å². The maximum absolute atomic E-state index is 11.9. The Kier molecular flexibility index (Phi) is 2.52. The molecule has 0 spiro atoms. The summed E-state index contributed by atoms with van der Waals surface area (Å²) in [6.07, 6.45) is 3.36. The summed E-state index contributed by atoms with van der Waals surface area (Å²) in [7, 11) is 0. The Morgan fingerprint density at radius 1 is 1.64 bits per heavy atom. The molecule has 80 valence electrons.